The number of piperazine rings is 1. The van der Waals surface area contributed by atoms with Gasteiger partial charge in [-0.15, -0.1) is 22.7 Å². The Morgan fingerprint density at radius 1 is 1.00 bits per heavy atom. The molecule has 26 heavy (non-hydrogen) atoms. The zero-order valence-corrected chi connectivity index (χ0v) is 16.3. The summed E-state index contributed by atoms with van der Waals surface area (Å²) in [6.07, 6.45) is 2.15. The highest BCUT2D eigenvalue weighted by Gasteiger charge is 2.32. The number of nitrogens with zero attached hydrogens (tertiary/aromatic N) is 3. The van der Waals surface area contributed by atoms with E-state index in [1.807, 2.05) is 22.4 Å². The van der Waals surface area contributed by atoms with Crippen LogP contribution in [0.3, 0.4) is 0 Å². The second-order valence-electron chi connectivity index (χ2n) is 6.81. The zero-order valence-electron chi connectivity index (χ0n) is 14.7. The molecule has 2 saturated heterocycles. The van der Waals surface area contributed by atoms with Crippen molar-refractivity contribution in [1.29, 1.82) is 0 Å². The van der Waals surface area contributed by atoms with Crippen molar-refractivity contribution in [2.24, 2.45) is 0 Å². The second kappa shape index (κ2) is 7.90. The summed E-state index contributed by atoms with van der Waals surface area (Å²) in [7, 11) is 0. The molecule has 4 rings (SSSR count). The quantitative estimate of drug-likeness (QED) is 0.808. The molecule has 1 atom stereocenters. The Kier molecular flexibility index (Phi) is 5.38. The van der Waals surface area contributed by atoms with Crippen LogP contribution in [0.25, 0.3) is 0 Å². The van der Waals surface area contributed by atoms with Gasteiger partial charge in [0.05, 0.1) is 17.5 Å². The molecule has 0 N–H and O–H groups in total. The fourth-order valence-corrected chi connectivity index (χ4v) is 5.35. The molecule has 0 spiro atoms. The van der Waals surface area contributed by atoms with Crippen molar-refractivity contribution in [3.8, 4) is 0 Å². The predicted molar refractivity (Wildman–Crippen MR) is 105 cm³/mol. The van der Waals surface area contributed by atoms with E-state index in [2.05, 4.69) is 27.3 Å². The molecular formula is C19H23N3O2S2. The van der Waals surface area contributed by atoms with Crippen molar-refractivity contribution in [3.63, 3.8) is 0 Å². The SMILES string of the molecule is O=C(c1cccs1)N1CCN(CC(=O)N2CCCC2c2cccs2)CC1. The number of thiophene rings is 2. The van der Waals surface area contributed by atoms with E-state index in [0.717, 1.165) is 37.4 Å². The summed E-state index contributed by atoms with van der Waals surface area (Å²) in [5.74, 6) is 0.335. The lowest BCUT2D eigenvalue weighted by Gasteiger charge is -2.35. The normalized spacial score (nSPS) is 21.3. The maximum Gasteiger partial charge on any atom is 0.264 e. The molecule has 2 aromatic rings. The van der Waals surface area contributed by atoms with Crippen LogP contribution in [-0.2, 0) is 4.79 Å². The Morgan fingerprint density at radius 3 is 2.46 bits per heavy atom. The molecule has 2 aliphatic heterocycles. The van der Waals surface area contributed by atoms with Gasteiger partial charge in [0.2, 0.25) is 5.91 Å². The Labute approximate surface area is 161 Å². The van der Waals surface area contributed by atoms with Gasteiger partial charge in [0.15, 0.2) is 0 Å². The summed E-state index contributed by atoms with van der Waals surface area (Å²) in [5, 5.41) is 4.02. The average Bonchev–Trinajstić information content (AvgIpc) is 3.43. The van der Waals surface area contributed by atoms with Gasteiger partial charge in [0.1, 0.15) is 0 Å². The van der Waals surface area contributed by atoms with E-state index >= 15 is 0 Å². The summed E-state index contributed by atoms with van der Waals surface area (Å²) in [5.41, 5.74) is 0. The van der Waals surface area contributed by atoms with Crippen molar-refractivity contribution in [3.05, 3.63) is 44.8 Å². The van der Waals surface area contributed by atoms with Gasteiger partial charge in [0, 0.05) is 37.6 Å². The third kappa shape index (κ3) is 3.70. The molecule has 0 saturated carbocycles. The number of carbonyl (C=O) groups is 2. The lowest BCUT2D eigenvalue weighted by molar-refractivity contribution is -0.133. The van der Waals surface area contributed by atoms with Crippen LogP contribution in [0.5, 0.6) is 0 Å². The van der Waals surface area contributed by atoms with E-state index in [0.29, 0.717) is 19.6 Å². The average molecular weight is 390 g/mol. The first-order valence-electron chi connectivity index (χ1n) is 9.10. The molecule has 2 aromatic heterocycles. The molecule has 0 radical (unpaired) electrons. The van der Waals surface area contributed by atoms with Crippen molar-refractivity contribution < 1.29 is 9.59 Å². The molecule has 1 unspecified atom stereocenters. The Morgan fingerprint density at radius 2 is 1.77 bits per heavy atom. The van der Waals surface area contributed by atoms with Gasteiger partial charge in [-0.25, -0.2) is 0 Å². The van der Waals surface area contributed by atoms with Crippen molar-refractivity contribution >= 4 is 34.5 Å². The first-order chi connectivity index (χ1) is 12.7. The minimum atomic E-state index is 0.114. The molecule has 0 bridgehead atoms. The largest absolute Gasteiger partial charge is 0.335 e. The third-order valence-electron chi connectivity index (χ3n) is 5.20. The minimum absolute atomic E-state index is 0.114. The van der Waals surface area contributed by atoms with Crippen LogP contribution in [0.15, 0.2) is 35.0 Å². The minimum Gasteiger partial charge on any atom is -0.335 e. The smallest absolute Gasteiger partial charge is 0.264 e. The lowest BCUT2D eigenvalue weighted by Crippen LogP contribution is -2.51. The number of rotatable bonds is 4. The van der Waals surface area contributed by atoms with Gasteiger partial charge in [0.25, 0.3) is 5.91 Å². The van der Waals surface area contributed by atoms with E-state index in [-0.39, 0.29) is 17.9 Å². The number of likely N-dealkylation sites (tertiary alicyclic amines) is 1. The molecule has 5 nitrogen and oxygen atoms in total. The Hall–Kier alpha value is -1.70. The highest BCUT2D eigenvalue weighted by Crippen LogP contribution is 2.34. The van der Waals surface area contributed by atoms with Crippen LogP contribution in [-0.4, -0.2) is 65.8 Å². The van der Waals surface area contributed by atoms with Crippen LogP contribution in [0.2, 0.25) is 0 Å². The van der Waals surface area contributed by atoms with Gasteiger partial charge in [-0.05, 0) is 35.7 Å². The van der Waals surface area contributed by atoms with E-state index in [9.17, 15) is 9.59 Å². The fourth-order valence-electron chi connectivity index (χ4n) is 3.79. The molecule has 7 heteroatoms. The lowest BCUT2D eigenvalue weighted by atomic mass is 10.2. The zero-order chi connectivity index (χ0) is 17.9. The van der Waals surface area contributed by atoms with Crippen LogP contribution >= 0.6 is 22.7 Å². The summed E-state index contributed by atoms with van der Waals surface area (Å²) < 4.78 is 0. The molecule has 0 aliphatic carbocycles. The summed E-state index contributed by atoms with van der Waals surface area (Å²) in [6.45, 7) is 4.23. The second-order valence-corrected chi connectivity index (χ2v) is 8.73. The number of amides is 2. The Bertz CT molecular complexity index is 737. The molecule has 2 fully saturated rings. The summed E-state index contributed by atoms with van der Waals surface area (Å²) >= 11 is 3.23. The molecule has 138 valence electrons. The molecule has 0 aromatic carbocycles. The number of hydrogen-bond donors (Lipinski definition) is 0. The molecule has 2 aliphatic rings. The molecule has 2 amide bonds. The van der Waals surface area contributed by atoms with Crippen LogP contribution < -0.4 is 0 Å². The highest BCUT2D eigenvalue weighted by molar-refractivity contribution is 7.12. The Balaban J connectivity index is 1.30. The van der Waals surface area contributed by atoms with Crippen LogP contribution in [0.1, 0.15) is 33.4 Å². The van der Waals surface area contributed by atoms with E-state index in [1.165, 1.54) is 16.2 Å². The van der Waals surface area contributed by atoms with Gasteiger partial charge >= 0.3 is 0 Å². The first kappa shape index (κ1) is 17.7. The van der Waals surface area contributed by atoms with E-state index < -0.39 is 0 Å². The third-order valence-corrected chi connectivity index (χ3v) is 7.03. The first-order valence-corrected chi connectivity index (χ1v) is 10.9. The molecule has 4 heterocycles. The van der Waals surface area contributed by atoms with Gasteiger partial charge < -0.3 is 9.80 Å². The standard InChI is InChI=1S/C19H23N3O2S2/c23-18(22-7-1-4-15(22)16-5-2-12-25-16)14-20-8-10-21(11-9-20)19(24)17-6-3-13-26-17/h2-3,5-6,12-13,15H,1,4,7-11,14H2. The maximum atomic E-state index is 12.8. The van der Waals surface area contributed by atoms with Crippen molar-refractivity contribution in [2.45, 2.75) is 18.9 Å². The van der Waals surface area contributed by atoms with Crippen molar-refractivity contribution in [2.75, 3.05) is 39.3 Å². The monoisotopic (exact) mass is 389 g/mol. The number of hydrogen-bond acceptors (Lipinski definition) is 5. The van der Waals surface area contributed by atoms with Crippen molar-refractivity contribution in [1.82, 2.24) is 14.7 Å². The highest BCUT2D eigenvalue weighted by atomic mass is 32.1. The fraction of sp³-hybridized carbons (Fsp3) is 0.474. The van der Waals surface area contributed by atoms with Crippen LogP contribution in [0.4, 0.5) is 0 Å². The summed E-state index contributed by atoms with van der Waals surface area (Å²) in [4.78, 5) is 33.5. The van der Waals surface area contributed by atoms with Gasteiger partial charge in [-0.3, -0.25) is 14.5 Å². The molecular weight excluding hydrogens is 366 g/mol. The maximum absolute atomic E-state index is 12.8. The number of carbonyl (C=O) groups excluding carboxylic acids is 2. The van der Waals surface area contributed by atoms with Gasteiger partial charge in [-0.1, -0.05) is 12.1 Å². The van der Waals surface area contributed by atoms with E-state index in [4.69, 9.17) is 0 Å². The topological polar surface area (TPSA) is 43.9 Å². The van der Waals surface area contributed by atoms with Gasteiger partial charge in [-0.2, -0.15) is 0 Å². The van der Waals surface area contributed by atoms with E-state index in [1.54, 1.807) is 11.3 Å². The predicted octanol–water partition coefficient (Wildman–Crippen LogP) is 2.93. The van der Waals surface area contributed by atoms with Crippen LogP contribution in [0, 0.1) is 0 Å². The summed E-state index contributed by atoms with van der Waals surface area (Å²) in [6, 6.07) is 8.23.